The molecule has 0 amide bonds. The first-order valence-electron chi connectivity index (χ1n) is 7.76. The van der Waals surface area contributed by atoms with Crippen molar-refractivity contribution in [1.29, 1.82) is 0 Å². The average Bonchev–Trinajstić information content (AvgIpc) is 2.58. The summed E-state index contributed by atoms with van der Waals surface area (Å²) >= 11 is 0. The topological polar surface area (TPSA) is 159 Å². The van der Waals surface area contributed by atoms with Crippen LogP contribution in [-0.2, 0) is 20.2 Å². The molecule has 148 valence electrons. The van der Waals surface area contributed by atoms with Gasteiger partial charge in [0, 0.05) is 75.6 Å². The minimum Gasteiger partial charge on any atom is -0.399 e. The molecule has 30 heavy (non-hydrogen) atoms. The SMILES string of the molecule is Cc1cc(N)ccc1N=Nc1cc(S(=O)(=O)O)c2cccc(S(=O)(=O)O)c2c1.[Na].[Na]. The molecule has 0 saturated carbocycles. The van der Waals surface area contributed by atoms with E-state index < -0.39 is 30.0 Å². The number of nitrogens with zero attached hydrogens (tertiary/aromatic N) is 2. The quantitative estimate of drug-likeness (QED) is 0.230. The number of hydrogen-bond acceptors (Lipinski definition) is 7. The number of hydrogen-bond donors (Lipinski definition) is 3. The van der Waals surface area contributed by atoms with Gasteiger partial charge in [0.05, 0.1) is 11.4 Å². The summed E-state index contributed by atoms with van der Waals surface area (Å²) in [6, 6.07) is 10.9. The van der Waals surface area contributed by atoms with Gasteiger partial charge in [-0.2, -0.15) is 27.1 Å². The summed E-state index contributed by atoms with van der Waals surface area (Å²) < 4.78 is 65.8. The van der Waals surface area contributed by atoms with Crippen LogP contribution < -0.4 is 5.73 Å². The summed E-state index contributed by atoms with van der Waals surface area (Å²) in [5, 5.41) is 7.76. The largest absolute Gasteiger partial charge is 0.399 e. The number of benzene rings is 3. The molecule has 9 nitrogen and oxygen atoms in total. The number of nitrogen functional groups attached to an aromatic ring is 1. The maximum Gasteiger partial charge on any atom is 0.295 e. The molecule has 3 rings (SSSR count). The van der Waals surface area contributed by atoms with Gasteiger partial charge in [0.15, 0.2) is 0 Å². The summed E-state index contributed by atoms with van der Waals surface area (Å²) in [4.78, 5) is -1.07. The Bertz CT molecular complexity index is 1340. The monoisotopic (exact) mass is 467 g/mol. The second-order valence-corrected chi connectivity index (χ2v) is 8.77. The van der Waals surface area contributed by atoms with Crippen LogP contribution in [0.4, 0.5) is 17.1 Å². The second-order valence-electron chi connectivity index (χ2n) is 5.99. The van der Waals surface area contributed by atoms with Gasteiger partial charge in [-0.3, -0.25) is 9.11 Å². The summed E-state index contributed by atoms with van der Waals surface area (Å²) in [5.74, 6) is 0. The Balaban J connectivity index is 0.00000225. The Hall–Kier alpha value is -0.860. The molecule has 0 aliphatic heterocycles. The molecule has 0 unspecified atom stereocenters. The van der Waals surface area contributed by atoms with E-state index in [2.05, 4.69) is 10.2 Å². The van der Waals surface area contributed by atoms with Crippen molar-refractivity contribution in [2.24, 2.45) is 10.2 Å². The third-order valence-electron chi connectivity index (χ3n) is 3.95. The van der Waals surface area contributed by atoms with Gasteiger partial charge in [-0.15, -0.1) is 0 Å². The Morgan fingerprint density at radius 3 is 2.00 bits per heavy atom. The van der Waals surface area contributed by atoms with Crippen molar-refractivity contribution in [3.63, 3.8) is 0 Å². The van der Waals surface area contributed by atoms with Crippen molar-refractivity contribution in [3.05, 3.63) is 54.1 Å². The van der Waals surface area contributed by atoms with Crippen LogP contribution in [0, 0.1) is 6.92 Å². The zero-order chi connectivity index (χ0) is 20.7. The number of rotatable bonds is 4. The summed E-state index contributed by atoms with van der Waals surface area (Å²) in [6.07, 6.45) is 0. The molecule has 13 heteroatoms. The number of fused-ring (bicyclic) bond motifs is 1. The van der Waals surface area contributed by atoms with Gasteiger partial charge < -0.3 is 5.73 Å². The Morgan fingerprint density at radius 1 is 0.800 bits per heavy atom. The van der Waals surface area contributed by atoms with E-state index in [0.29, 0.717) is 11.4 Å². The number of aryl methyl sites for hydroxylation is 1. The molecule has 0 fully saturated rings. The minimum atomic E-state index is -4.71. The van der Waals surface area contributed by atoms with Crippen LogP contribution in [0.3, 0.4) is 0 Å². The first-order chi connectivity index (χ1) is 13.0. The predicted molar refractivity (Wildman–Crippen MR) is 115 cm³/mol. The van der Waals surface area contributed by atoms with Gasteiger partial charge >= 0.3 is 0 Å². The van der Waals surface area contributed by atoms with E-state index in [9.17, 15) is 25.9 Å². The van der Waals surface area contributed by atoms with Gasteiger partial charge in [0.25, 0.3) is 20.2 Å². The van der Waals surface area contributed by atoms with Gasteiger partial charge in [-0.05, 0) is 48.9 Å². The van der Waals surface area contributed by atoms with Crippen molar-refractivity contribution in [2.75, 3.05) is 5.73 Å². The van der Waals surface area contributed by atoms with Crippen molar-refractivity contribution < 1.29 is 25.9 Å². The average molecular weight is 467 g/mol. The summed E-state index contributed by atoms with van der Waals surface area (Å²) in [7, 11) is -9.36. The maximum atomic E-state index is 11.8. The summed E-state index contributed by atoms with van der Waals surface area (Å²) in [6.45, 7) is 1.76. The molecule has 0 saturated heterocycles. The smallest absolute Gasteiger partial charge is 0.295 e. The molecule has 0 spiro atoms. The van der Waals surface area contributed by atoms with Gasteiger partial charge in [0.2, 0.25) is 0 Å². The fraction of sp³-hybridized carbons (Fsp3) is 0.0588. The number of azo groups is 1. The molecule has 0 aliphatic carbocycles. The molecule has 3 aromatic rings. The van der Waals surface area contributed by atoms with Crippen LogP contribution in [0.1, 0.15) is 5.56 Å². The van der Waals surface area contributed by atoms with E-state index in [0.717, 1.165) is 17.7 Å². The van der Waals surface area contributed by atoms with E-state index in [1.165, 1.54) is 18.2 Å². The first kappa shape index (κ1) is 27.2. The van der Waals surface area contributed by atoms with Crippen LogP contribution in [0.2, 0.25) is 0 Å². The molecule has 3 aromatic carbocycles. The first-order valence-corrected chi connectivity index (χ1v) is 10.6. The fourth-order valence-electron chi connectivity index (χ4n) is 2.71. The zero-order valence-corrected chi connectivity index (χ0v) is 22.1. The van der Waals surface area contributed by atoms with Gasteiger partial charge in [-0.25, -0.2) is 0 Å². The van der Waals surface area contributed by atoms with Crippen molar-refractivity contribution in [1.82, 2.24) is 0 Å². The molecule has 0 bridgehead atoms. The van der Waals surface area contributed by atoms with Crippen molar-refractivity contribution in [3.8, 4) is 0 Å². The third-order valence-corrected chi connectivity index (χ3v) is 5.76. The molecule has 0 atom stereocenters. The standard InChI is InChI=1S/C17H15N3O6S2.2Na/c1-10-7-11(18)5-6-15(10)20-19-12-8-14-13(17(9-12)28(24,25)26)3-2-4-16(14)27(21,22)23;;/h2-9H,18H2,1H3,(H,21,22,23)(H,24,25,26);;. The molecular weight excluding hydrogens is 452 g/mol. The van der Waals surface area contributed by atoms with E-state index in [-0.39, 0.29) is 75.6 Å². The minimum absolute atomic E-state index is 0. The van der Waals surface area contributed by atoms with E-state index in [4.69, 9.17) is 5.73 Å². The van der Waals surface area contributed by atoms with Crippen molar-refractivity contribution >= 4 is 107 Å². The van der Waals surface area contributed by atoms with Crippen LogP contribution >= 0.6 is 0 Å². The van der Waals surface area contributed by atoms with E-state index in [1.807, 2.05) is 0 Å². The van der Waals surface area contributed by atoms with Crippen LogP contribution in [0.25, 0.3) is 10.8 Å². The number of anilines is 1. The second kappa shape index (κ2) is 10.2. The Morgan fingerprint density at radius 2 is 1.43 bits per heavy atom. The molecule has 0 heterocycles. The summed E-state index contributed by atoms with van der Waals surface area (Å²) in [5.41, 5.74) is 7.36. The molecule has 4 N–H and O–H groups in total. The molecular formula is C17H15N3Na2O6S2. The van der Waals surface area contributed by atoms with Crippen molar-refractivity contribution in [2.45, 2.75) is 16.7 Å². The molecule has 0 aliphatic rings. The fourth-order valence-corrected chi connectivity index (χ4v) is 4.13. The normalized spacial score (nSPS) is 11.8. The van der Waals surface area contributed by atoms with E-state index in [1.54, 1.807) is 25.1 Å². The van der Waals surface area contributed by atoms with Crippen LogP contribution in [-0.4, -0.2) is 85.1 Å². The Kier molecular flexibility index (Phi) is 9.21. The van der Waals surface area contributed by atoms with Crippen LogP contribution in [0.15, 0.2) is 68.6 Å². The molecule has 0 aromatic heterocycles. The van der Waals surface area contributed by atoms with Crippen LogP contribution in [0.5, 0.6) is 0 Å². The zero-order valence-electron chi connectivity index (χ0n) is 16.4. The predicted octanol–water partition coefficient (Wildman–Crippen LogP) is 2.88. The van der Waals surface area contributed by atoms with E-state index >= 15 is 0 Å². The third kappa shape index (κ3) is 6.10. The van der Waals surface area contributed by atoms with Gasteiger partial charge in [0.1, 0.15) is 9.79 Å². The number of nitrogens with two attached hydrogens (primary N) is 1. The maximum absolute atomic E-state index is 11.8. The molecule has 2 radical (unpaired) electrons. The Labute approximate surface area is 217 Å². The van der Waals surface area contributed by atoms with Gasteiger partial charge in [-0.1, -0.05) is 12.1 Å².